The number of amides is 1. The molecule has 1 atom stereocenters. The fraction of sp³-hybridized carbons (Fsp3) is 0.389. The van der Waals surface area contributed by atoms with Crippen LogP contribution in [0.25, 0.3) is 22.2 Å². The number of benzene rings is 3. The number of hydrogen-bond acceptors (Lipinski definition) is 7. The van der Waals surface area contributed by atoms with E-state index in [2.05, 4.69) is 26.3 Å². The summed E-state index contributed by atoms with van der Waals surface area (Å²) in [6.45, 7) is 2.05. The lowest BCUT2D eigenvalue weighted by Crippen LogP contribution is -2.45. The first-order chi connectivity index (χ1) is 23.2. The maximum absolute atomic E-state index is 14.8. The number of carbonyl (C=O) groups is 2. The molecular weight excluding hydrogens is 633 g/mol. The molecule has 2 heterocycles. The molecule has 1 aliphatic carbocycles. The summed E-state index contributed by atoms with van der Waals surface area (Å²) >= 11 is 0. The molecule has 6 rings (SSSR count). The Morgan fingerprint density at radius 3 is 2.58 bits per heavy atom. The minimum absolute atomic E-state index is 0.165. The molecule has 254 valence electrons. The highest BCUT2D eigenvalue weighted by molar-refractivity contribution is 7.87. The van der Waals surface area contributed by atoms with E-state index >= 15 is 0 Å². The van der Waals surface area contributed by atoms with Crippen molar-refractivity contribution < 1.29 is 27.1 Å². The van der Waals surface area contributed by atoms with Crippen molar-refractivity contribution in [2.24, 2.45) is 5.73 Å². The number of nitrogens with one attached hydrogen (secondary N) is 1. The van der Waals surface area contributed by atoms with E-state index in [1.165, 1.54) is 25.6 Å². The Hall–Kier alpha value is -4.10. The Morgan fingerprint density at radius 2 is 1.85 bits per heavy atom. The van der Waals surface area contributed by atoms with Gasteiger partial charge in [-0.25, -0.2) is 9.11 Å². The van der Waals surface area contributed by atoms with Crippen molar-refractivity contribution in [1.82, 2.24) is 18.5 Å². The fourth-order valence-corrected chi connectivity index (χ4v) is 7.88. The first-order valence-corrected chi connectivity index (χ1v) is 17.9. The molecule has 3 aromatic carbocycles. The second-order valence-electron chi connectivity index (χ2n) is 12.7. The van der Waals surface area contributed by atoms with Gasteiger partial charge in [-0.05, 0) is 54.2 Å². The van der Waals surface area contributed by atoms with Crippen molar-refractivity contribution in [2.75, 3.05) is 33.3 Å². The minimum Gasteiger partial charge on any atom is -0.491 e. The lowest BCUT2D eigenvalue weighted by molar-refractivity contribution is -0.107. The van der Waals surface area contributed by atoms with Gasteiger partial charge in [0.25, 0.3) is 5.91 Å². The van der Waals surface area contributed by atoms with Gasteiger partial charge in [0.2, 0.25) is 0 Å². The molecule has 2 aliphatic rings. The van der Waals surface area contributed by atoms with Crippen molar-refractivity contribution in [1.29, 1.82) is 0 Å². The zero-order chi connectivity index (χ0) is 33.8. The summed E-state index contributed by atoms with van der Waals surface area (Å²) in [5.41, 5.74) is 11.1. The van der Waals surface area contributed by atoms with Gasteiger partial charge in [0.15, 0.2) is 0 Å². The number of halogens is 1. The van der Waals surface area contributed by atoms with Crippen molar-refractivity contribution in [3.8, 4) is 17.0 Å². The molecule has 1 amide bonds. The highest BCUT2D eigenvalue weighted by atomic mass is 32.2. The van der Waals surface area contributed by atoms with Crippen LogP contribution in [0.4, 0.5) is 4.39 Å². The smallest absolute Gasteiger partial charge is 0.304 e. The van der Waals surface area contributed by atoms with Gasteiger partial charge in [-0.3, -0.25) is 9.69 Å². The molecule has 4 aromatic rings. The van der Waals surface area contributed by atoms with Crippen LogP contribution in [-0.2, 0) is 28.1 Å². The molecule has 1 aliphatic heterocycles. The number of fused-ring (bicyclic) bond motifs is 5. The Kier molecular flexibility index (Phi) is 10.3. The van der Waals surface area contributed by atoms with E-state index < -0.39 is 21.9 Å². The monoisotopic (exact) mass is 675 g/mol. The predicted molar refractivity (Wildman–Crippen MR) is 183 cm³/mol. The molecule has 1 fully saturated rings. The predicted octanol–water partition coefficient (Wildman–Crippen LogP) is 4.82. The van der Waals surface area contributed by atoms with Crippen molar-refractivity contribution in [3.63, 3.8) is 0 Å². The lowest BCUT2D eigenvalue weighted by Gasteiger charge is -2.34. The summed E-state index contributed by atoms with van der Waals surface area (Å²) in [4.78, 5) is 26.6. The molecule has 48 heavy (non-hydrogen) atoms. The third-order valence-corrected chi connectivity index (χ3v) is 10.9. The largest absolute Gasteiger partial charge is 0.491 e. The van der Waals surface area contributed by atoms with Gasteiger partial charge in [-0.2, -0.15) is 12.7 Å². The van der Waals surface area contributed by atoms with Crippen LogP contribution in [0.3, 0.4) is 0 Å². The zero-order valence-electron chi connectivity index (χ0n) is 27.1. The minimum atomic E-state index is -4.24. The summed E-state index contributed by atoms with van der Waals surface area (Å²) in [6.07, 6.45) is 5.83. The van der Waals surface area contributed by atoms with Crippen LogP contribution < -0.4 is 15.2 Å². The number of likely N-dealkylation sites (N-methyl/N-ethyl adjacent to an activating group) is 1. The molecule has 0 saturated heterocycles. The fourth-order valence-electron chi connectivity index (χ4n) is 7.12. The number of hydrogen-bond donors (Lipinski definition) is 2. The number of ether oxygens (including phenoxy) is 1. The molecule has 3 N–H and O–H groups in total. The van der Waals surface area contributed by atoms with Crippen LogP contribution in [0, 0.1) is 5.82 Å². The Balaban J connectivity index is 1.52. The highest BCUT2D eigenvalue weighted by Gasteiger charge is 2.33. The summed E-state index contributed by atoms with van der Waals surface area (Å²) in [7, 11) is -3.01. The van der Waals surface area contributed by atoms with Crippen LogP contribution in [-0.4, -0.2) is 73.7 Å². The summed E-state index contributed by atoms with van der Waals surface area (Å²) in [6, 6.07) is 19.9. The average molecular weight is 676 g/mol. The van der Waals surface area contributed by atoms with Gasteiger partial charge in [-0.15, -0.1) is 0 Å². The molecular formula is C36H42FN5O5S. The zero-order valence-corrected chi connectivity index (χ0v) is 27.9. The van der Waals surface area contributed by atoms with E-state index in [0.717, 1.165) is 63.3 Å². The van der Waals surface area contributed by atoms with E-state index in [1.807, 2.05) is 24.3 Å². The summed E-state index contributed by atoms with van der Waals surface area (Å²) in [5, 5.41) is 0.971. The number of nitrogens with two attached hydrogens (primary N) is 1. The number of aromatic nitrogens is 1. The van der Waals surface area contributed by atoms with E-state index in [4.69, 9.17) is 10.5 Å². The molecule has 12 heteroatoms. The molecule has 0 radical (unpaired) electrons. The Bertz CT molecular complexity index is 1890. The highest BCUT2D eigenvalue weighted by Crippen LogP contribution is 2.47. The maximum atomic E-state index is 14.8. The molecule has 1 aromatic heterocycles. The number of nitrogens with zero attached hydrogens (tertiary/aromatic N) is 3. The van der Waals surface area contributed by atoms with E-state index in [1.54, 1.807) is 18.2 Å². The number of rotatable bonds is 11. The van der Waals surface area contributed by atoms with Gasteiger partial charge < -0.3 is 19.8 Å². The normalized spacial score (nSPS) is 17.0. The average Bonchev–Trinajstić information content (AvgIpc) is 3.38. The molecule has 0 bridgehead atoms. The molecule has 10 nitrogen and oxygen atoms in total. The van der Waals surface area contributed by atoms with Crippen LogP contribution in [0.2, 0.25) is 0 Å². The van der Waals surface area contributed by atoms with Gasteiger partial charge in [-0.1, -0.05) is 55.7 Å². The van der Waals surface area contributed by atoms with Crippen LogP contribution >= 0.6 is 0 Å². The van der Waals surface area contributed by atoms with E-state index in [0.29, 0.717) is 38.2 Å². The van der Waals surface area contributed by atoms with Crippen LogP contribution in [0.15, 0.2) is 66.7 Å². The summed E-state index contributed by atoms with van der Waals surface area (Å²) in [5.74, 6) is -0.493. The van der Waals surface area contributed by atoms with Gasteiger partial charge >= 0.3 is 10.2 Å². The van der Waals surface area contributed by atoms with E-state index in [9.17, 15) is 22.4 Å². The quantitative estimate of drug-likeness (QED) is 0.218. The topological polar surface area (TPSA) is 127 Å². The molecule has 1 saturated carbocycles. The molecule has 0 unspecified atom stereocenters. The van der Waals surface area contributed by atoms with Gasteiger partial charge in [0, 0.05) is 61.3 Å². The first-order valence-electron chi connectivity index (χ1n) is 16.5. The first kappa shape index (κ1) is 33.8. The number of aldehydes is 1. The Labute approximate surface area is 280 Å². The van der Waals surface area contributed by atoms with Crippen LogP contribution in [0.1, 0.15) is 59.5 Å². The van der Waals surface area contributed by atoms with Crippen molar-refractivity contribution in [2.45, 2.75) is 57.2 Å². The van der Waals surface area contributed by atoms with Crippen molar-refractivity contribution in [3.05, 3.63) is 89.2 Å². The lowest BCUT2D eigenvalue weighted by atomic mass is 9.81. The third kappa shape index (κ3) is 7.02. The second-order valence-corrected chi connectivity index (χ2v) is 14.5. The summed E-state index contributed by atoms with van der Waals surface area (Å²) < 4.78 is 51.8. The third-order valence-electron chi connectivity index (χ3n) is 9.53. The number of carbonyl (C=O) groups excluding carboxylic acids is 2. The second kappa shape index (κ2) is 14.6. The van der Waals surface area contributed by atoms with Gasteiger partial charge in [0.1, 0.15) is 24.5 Å². The van der Waals surface area contributed by atoms with Crippen LogP contribution in [0.5, 0.6) is 5.75 Å². The molecule has 0 spiro atoms. The SMILES string of the molecule is CN(CC=O)S(=O)(=O)NC(=O)c1ccc2c(C3CCCCC3)c3n(c2c1)C[C@@H](N(CCN)Cc1ccccc1)COc1cc(F)ccc1-3. The Morgan fingerprint density at radius 1 is 1.08 bits per heavy atom. The maximum Gasteiger partial charge on any atom is 0.304 e. The standard InChI is InChI=1S/C36H42FN5O5S/c1-40(18-19-43)48(45,46)39-36(44)27-12-14-30-32(20-27)42-23-29(41(17-16-38)22-25-8-4-2-5-9-25)24-47-33-21-28(37)13-15-31(33)35(42)34(30)26-10-6-3-7-11-26/h2,4-5,8-9,12-15,19-21,26,29H,3,6-7,10-11,16-18,22-24,38H2,1H3,(H,39,44)/t29-/m1/s1. The van der Waals surface area contributed by atoms with E-state index in [-0.39, 0.29) is 30.7 Å². The van der Waals surface area contributed by atoms with Crippen molar-refractivity contribution >= 4 is 33.3 Å². The van der Waals surface area contributed by atoms with Gasteiger partial charge in [0.05, 0.1) is 18.3 Å².